The van der Waals surface area contributed by atoms with E-state index < -0.39 is 0 Å². The molecule has 2 aromatic carbocycles. The fourth-order valence-corrected chi connectivity index (χ4v) is 4.21. The topological polar surface area (TPSA) is 67.9 Å². The Bertz CT molecular complexity index is 1000. The van der Waals surface area contributed by atoms with Crippen molar-refractivity contribution in [1.29, 1.82) is 0 Å². The predicted octanol–water partition coefficient (Wildman–Crippen LogP) is 4.78. The third-order valence-corrected chi connectivity index (χ3v) is 5.75. The Hall–Kier alpha value is -3.28. The number of hydrogen-bond acceptors (Lipinski definition) is 4. The van der Waals surface area contributed by atoms with Crippen molar-refractivity contribution in [1.82, 2.24) is 4.90 Å². The summed E-state index contributed by atoms with van der Waals surface area (Å²) in [5.74, 6) is 2.02. The van der Waals surface area contributed by atoms with Crippen LogP contribution in [0.1, 0.15) is 41.8 Å². The maximum Gasteiger partial charge on any atom is 0.253 e. The summed E-state index contributed by atoms with van der Waals surface area (Å²) in [6, 6.07) is 10.8. The minimum absolute atomic E-state index is 0.00978. The largest absolute Gasteiger partial charge is 0.497 e. The van der Waals surface area contributed by atoms with Gasteiger partial charge >= 0.3 is 0 Å². The molecule has 1 aliphatic rings. The van der Waals surface area contributed by atoms with E-state index in [9.17, 15) is 9.59 Å². The molecule has 6 heteroatoms. The molecule has 1 fully saturated rings. The van der Waals surface area contributed by atoms with E-state index in [-0.39, 0.29) is 11.8 Å². The Balaban J connectivity index is 1.74. The first-order chi connectivity index (χ1) is 15.3. The number of benzene rings is 2. The van der Waals surface area contributed by atoms with Crippen molar-refractivity contribution in [3.05, 3.63) is 59.2 Å². The van der Waals surface area contributed by atoms with Crippen LogP contribution < -0.4 is 14.8 Å². The molecule has 2 amide bonds. The predicted molar refractivity (Wildman–Crippen MR) is 127 cm³/mol. The number of amides is 2. The number of rotatable bonds is 6. The summed E-state index contributed by atoms with van der Waals surface area (Å²) in [7, 11) is 3.17. The monoisotopic (exact) mass is 436 g/mol. The van der Waals surface area contributed by atoms with Gasteiger partial charge in [-0.1, -0.05) is 19.9 Å². The molecular formula is C26H32N2O4. The number of hydrogen-bond donors (Lipinski definition) is 1. The average molecular weight is 437 g/mol. The van der Waals surface area contributed by atoms with Gasteiger partial charge in [0.15, 0.2) is 0 Å². The van der Waals surface area contributed by atoms with Crippen LogP contribution in [-0.4, -0.2) is 44.0 Å². The van der Waals surface area contributed by atoms with E-state index in [1.165, 1.54) is 6.08 Å². The first kappa shape index (κ1) is 23.4. The molecule has 0 spiro atoms. The number of nitrogens with one attached hydrogen (secondary N) is 1. The van der Waals surface area contributed by atoms with Gasteiger partial charge in [-0.3, -0.25) is 9.59 Å². The highest BCUT2D eigenvalue weighted by molar-refractivity contribution is 6.03. The molecule has 0 radical (unpaired) electrons. The second-order valence-corrected chi connectivity index (χ2v) is 8.62. The van der Waals surface area contributed by atoms with E-state index in [0.717, 1.165) is 30.6 Å². The fraction of sp³-hybridized carbons (Fsp3) is 0.385. The number of carbonyl (C=O) groups is 2. The third-order valence-electron chi connectivity index (χ3n) is 5.75. The van der Waals surface area contributed by atoms with Gasteiger partial charge in [0.2, 0.25) is 5.91 Å². The molecule has 32 heavy (non-hydrogen) atoms. The van der Waals surface area contributed by atoms with Crippen LogP contribution in [-0.2, 0) is 4.79 Å². The maximum atomic E-state index is 13.1. The van der Waals surface area contributed by atoms with Crippen LogP contribution in [0.4, 0.5) is 5.69 Å². The normalized spacial score (nSPS) is 18.5. The summed E-state index contributed by atoms with van der Waals surface area (Å²) < 4.78 is 10.6. The Morgan fingerprint density at radius 2 is 1.75 bits per heavy atom. The fourth-order valence-electron chi connectivity index (χ4n) is 4.21. The molecule has 0 aromatic heterocycles. The van der Waals surface area contributed by atoms with Gasteiger partial charge in [0.05, 0.1) is 14.2 Å². The number of likely N-dealkylation sites (tertiary alicyclic amines) is 1. The van der Waals surface area contributed by atoms with E-state index in [1.54, 1.807) is 44.6 Å². The maximum absolute atomic E-state index is 13.1. The highest BCUT2D eigenvalue weighted by atomic mass is 16.5. The molecule has 0 bridgehead atoms. The van der Waals surface area contributed by atoms with Gasteiger partial charge in [0.1, 0.15) is 11.5 Å². The van der Waals surface area contributed by atoms with Crippen LogP contribution in [0, 0.1) is 18.8 Å². The van der Waals surface area contributed by atoms with Crippen LogP contribution in [0.5, 0.6) is 11.5 Å². The van der Waals surface area contributed by atoms with Gasteiger partial charge in [-0.05, 0) is 67.2 Å². The van der Waals surface area contributed by atoms with Gasteiger partial charge in [0.25, 0.3) is 5.91 Å². The van der Waals surface area contributed by atoms with Crippen molar-refractivity contribution in [2.75, 3.05) is 32.6 Å². The molecule has 0 saturated carbocycles. The quantitative estimate of drug-likeness (QED) is 0.662. The molecule has 1 saturated heterocycles. The Kier molecular flexibility index (Phi) is 7.57. The van der Waals surface area contributed by atoms with Crippen molar-refractivity contribution >= 4 is 23.6 Å². The lowest BCUT2D eigenvalue weighted by atomic mass is 9.91. The molecule has 2 aromatic rings. The molecule has 3 rings (SSSR count). The van der Waals surface area contributed by atoms with Crippen LogP contribution in [0.25, 0.3) is 6.08 Å². The van der Waals surface area contributed by atoms with E-state index in [0.29, 0.717) is 34.6 Å². The first-order valence-electron chi connectivity index (χ1n) is 10.9. The number of aryl methyl sites for hydroxylation is 1. The molecule has 1 aliphatic heterocycles. The van der Waals surface area contributed by atoms with Gasteiger partial charge in [0, 0.05) is 36.0 Å². The first-order valence-corrected chi connectivity index (χ1v) is 10.9. The van der Waals surface area contributed by atoms with E-state index in [1.807, 2.05) is 24.0 Å². The summed E-state index contributed by atoms with van der Waals surface area (Å²) in [6.45, 7) is 7.80. The van der Waals surface area contributed by atoms with Crippen LogP contribution in [0.3, 0.4) is 0 Å². The molecule has 1 heterocycles. The van der Waals surface area contributed by atoms with Crippen molar-refractivity contribution in [3.8, 4) is 11.5 Å². The van der Waals surface area contributed by atoms with Crippen LogP contribution >= 0.6 is 0 Å². The standard InChI is InChI=1S/C26H32N2O4/c1-17-12-18(2)16-28(15-17)26(30)21-7-6-19(3)23(14-21)27-25(29)11-8-20-13-22(31-4)9-10-24(20)32-5/h6-11,13-14,17-18H,12,15-16H2,1-5H3,(H,27,29). The van der Waals surface area contributed by atoms with Gasteiger partial charge in [-0.2, -0.15) is 0 Å². The average Bonchev–Trinajstić information content (AvgIpc) is 2.77. The number of methoxy groups -OCH3 is 2. The van der Waals surface area contributed by atoms with Gasteiger partial charge in [-0.25, -0.2) is 0 Å². The van der Waals surface area contributed by atoms with Gasteiger partial charge in [-0.15, -0.1) is 0 Å². The number of ether oxygens (including phenoxy) is 2. The molecule has 2 unspecified atom stereocenters. The van der Waals surface area contributed by atoms with E-state index in [2.05, 4.69) is 19.2 Å². The van der Waals surface area contributed by atoms with Gasteiger partial charge < -0.3 is 19.7 Å². The molecule has 6 nitrogen and oxygen atoms in total. The zero-order valence-electron chi connectivity index (χ0n) is 19.5. The van der Waals surface area contributed by atoms with E-state index in [4.69, 9.17) is 9.47 Å². The minimum atomic E-state index is -0.289. The lowest BCUT2D eigenvalue weighted by molar-refractivity contribution is -0.111. The number of nitrogens with zero attached hydrogens (tertiary/aromatic N) is 1. The molecular weight excluding hydrogens is 404 g/mol. The van der Waals surface area contributed by atoms with Crippen molar-refractivity contribution in [3.63, 3.8) is 0 Å². The third kappa shape index (κ3) is 5.69. The molecule has 1 N–H and O–H groups in total. The van der Waals surface area contributed by atoms with Crippen LogP contribution in [0.15, 0.2) is 42.5 Å². The Morgan fingerprint density at radius 3 is 2.41 bits per heavy atom. The Labute approximate surface area is 190 Å². The van der Waals surface area contributed by atoms with E-state index >= 15 is 0 Å². The summed E-state index contributed by atoms with van der Waals surface area (Å²) in [6.07, 6.45) is 4.26. The molecule has 2 atom stereocenters. The molecule has 0 aliphatic carbocycles. The number of anilines is 1. The van der Waals surface area contributed by atoms with Crippen molar-refractivity contribution < 1.29 is 19.1 Å². The van der Waals surface area contributed by atoms with Crippen LogP contribution in [0.2, 0.25) is 0 Å². The highest BCUT2D eigenvalue weighted by Gasteiger charge is 2.26. The molecule has 170 valence electrons. The highest BCUT2D eigenvalue weighted by Crippen LogP contribution is 2.26. The van der Waals surface area contributed by atoms with Crippen molar-refractivity contribution in [2.45, 2.75) is 27.2 Å². The SMILES string of the molecule is COc1ccc(OC)c(C=CC(=O)Nc2cc(C(=O)N3CC(C)CC(C)C3)ccc2C)c1. The lowest BCUT2D eigenvalue weighted by Crippen LogP contribution is -2.42. The second kappa shape index (κ2) is 10.4. The summed E-state index contributed by atoms with van der Waals surface area (Å²) in [4.78, 5) is 27.6. The zero-order valence-corrected chi connectivity index (χ0v) is 19.5. The number of piperidine rings is 1. The van der Waals surface area contributed by atoms with Crippen molar-refractivity contribution in [2.24, 2.45) is 11.8 Å². The second-order valence-electron chi connectivity index (χ2n) is 8.62. The summed E-state index contributed by atoms with van der Waals surface area (Å²) >= 11 is 0. The summed E-state index contributed by atoms with van der Waals surface area (Å²) in [5.41, 5.74) is 2.84. The minimum Gasteiger partial charge on any atom is -0.497 e. The summed E-state index contributed by atoms with van der Waals surface area (Å²) in [5, 5.41) is 2.89. The Morgan fingerprint density at radius 1 is 1.03 bits per heavy atom. The number of carbonyl (C=O) groups excluding carboxylic acids is 2. The lowest BCUT2D eigenvalue weighted by Gasteiger charge is -2.35. The zero-order chi connectivity index (χ0) is 23.3. The smallest absolute Gasteiger partial charge is 0.253 e.